The summed E-state index contributed by atoms with van der Waals surface area (Å²) in [6.07, 6.45) is 12.0. The highest BCUT2D eigenvalue weighted by Crippen LogP contribution is 1.92. The van der Waals surface area contributed by atoms with E-state index in [-0.39, 0.29) is 0 Å². The molecule has 1 aliphatic rings. The van der Waals surface area contributed by atoms with Crippen LogP contribution in [-0.2, 0) is 0 Å². The van der Waals surface area contributed by atoms with Crippen molar-refractivity contribution in [1.82, 2.24) is 0 Å². The maximum Gasteiger partial charge on any atom is 0.0263 e. The van der Waals surface area contributed by atoms with Gasteiger partial charge >= 0.3 is 0 Å². The Hall–Kier alpha value is -0.850. The van der Waals surface area contributed by atoms with Crippen LogP contribution in [0.5, 0.6) is 0 Å². The molecule has 0 saturated heterocycles. The lowest BCUT2D eigenvalue weighted by molar-refractivity contribution is 1.11. The van der Waals surface area contributed by atoms with Crippen LogP contribution in [0.15, 0.2) is 29.4 Å². The molecule has 0 aromatic heterocycles. The summed E-state index contributed by atoms with van der Waals surface area (Å²) in [6, 6.07) is 0. The molecule has 0 fully saturated rings. The second-order valence-corrected chi connectivity index (χ2v) is 1.68. The Bertz CT molecular complexity index is 115. The molecule has 42 valence electrons. The summed E-state index contributed by atoms with van der Waals surface area (Å²) >= 11 is 0. The fourth-order valence-electron chi connectivity index (χ4n) is 0.580. The van der Waals surface area contributed by atoms with Crippen molar-refractivity contribution in [3.05, 3.63) is 24.4 Å². The van der Waals surface area contributed by atoms with Crippen LogP contribution in [0.3, 0.4) is 0 Å². The quantitative estimate of drug-likeness (QED) is 0.448. The van der Waals surface area contributed by atoms with E-state index in [4.69, 9.17) is 0 Å². The van der Waals surface area contributed by atoms with Crippen molar-refractivity contribution < 1.29 is 0 Å². The second-order valence-electron chi connectivity index (χ2n) is 1.68. The van der Waals surface area contributed by atoms with Crippen LogP contribution < -0.4 is 0 Å². The van der Waals surface area contributed by atoms with E-state index >= 15 is 0 Å². The topological polar surface area (TPSA) is 12.4 Å². The third-order valence-electron chi connectivity index (χ3n) is 0.987. The Labute approximate surface area is 49.4 Å². The highest BCUT2D eigenvalue weighted by Gasteiger charge is 1.76. The Morgan fingerprint density at radius 1 is 1.12 bits per heavy atom. The summed E-state index contributed by atoms with van der Waals surface area (Å²) in [7, 11) is 0. The van der Waals surface area contributed by atoms with Gasteiger partial charge in [-0.05, 0) is 18.9 Å². The predicted molar refractivity (Wildman–Crippen MR) is 36.0 cm³/mol. The third kappa shape index (κ3) is 1.73. The maximum absolute atomic E-state index is 3.97. The first-order valence-electron chi connectivity index (χ1n) is 2.83. The zero-order valence-corrected chi connectivity index (χ0v) is 4.75. The molecule has 0 N–H and O–H groups in total. The third-order valence-corrected chi connectivity index (χ3v) is 0.987. The summed E-state index contributed by atoms with van der Waals surface area (Å²) in [5.41, 5.74) is 0. The fraction of sp³-hybridized carbons (Fsp3) is 0.286. The van der Waals surface area contributed by atoms with E-state index in [9.17, 15) is 0 Å². The molecule has 1 nitrogen and oxygen atoms in total. The van der Waals surface area contributed by atoms with Crippen molar-refractivity contribution in [1.29, 1.82) is 0 Å². The summed E-state index contributed by atoms with van der Waals surface area (Å²) in [5.74, 6) is 0. The standard InChI is InChI=1S/C7H9N/c1-2-4-6-8-7-5-3-1/h1-2,4,6-7H,3,5H2. The van der Waals surface area contributed by atoms with E-state index in [2.05, 4.69) is 11.1 Å². The average Bonchev–Trinajstić information content (AvgIpc) is 1.62. The predicted octanol–water partition coefficient (Wildman–Crippen LogP) is 1.92. The molecule has 0 spiro atoms. The molecule has 0 unspecified atom stereocenters. The van der Waals surface area contributed by atoms with E-state index in [0.29, 0.717) is 0 Å². The smallest absolute Gasteiger partial charge is 0.0263 e. The van der Waals surface area contributed by atoms with Gasteiger partial charge in [0.05, 0.1) is 0 Å². The molecule has 0 aliphatic carbocycles. The van der Waals surface area contributed by atoms with Gasteiger partial charge in [-0.2, -0.15) is 0 Å². The number of nitrogens with zero attached hydrogens (tertiary/aromatic N) is 1. The maximum atomic E-state index is 3.97. The van der Waals surface area contributed by atoms with Crippen LogP contribution in [0.25, 0.3) is 0 Å². The van der Waals surface area contributed by atoms with Crippen LogP contribution in [0.4, 0.5) is 0 Å². The van der Waals surface area contributed by atoms with Crippen LogP contribution in [-0.4, -0.2) is 6.21 Å². The fourth-order valence-corrected chi connectivity index (χ4v) is 0.580. The van der Waals surface area contributed by atoms with Gasteiger partial charge in [-0.3, -0.25) is 4.99 Å². The summed E-state index contributed by atoms with van der Waals surface area (Å²) in [5, 5.41) is 0. The minimum absolute atomic E-state index is 1.07. The van der Waals surface area contributed by atoms with Gasteiger partial charge in [-0.15, -0.1) is 0 Å². The van der Waals surface area contributed by atoms with E-state index in [1.165, 1.54) is 0 Å². The first-order chi connectivity index (χ1) is 4.00. The van der Waals surface area contributed by atoms with Crippen molar-refractivity contribution in [2.45, 2.75) is 12.8 Å². The van der Waals surface area contributed by atoms with Crippen molar-refractivity contribution in [3.63, 3.8) is 0 Å². The van der Waals surface area contributed by atoms with Crippen LogP contribution in [0.1, 0.15) is 12.8 Å². The minimum Gasteiger partial charge on any atom is -0.269 e. The molecule has 0 aromatic rings. The average molecular weight is 107 g/mol. The number of allylic oxidation sites excluding steroid dienone is 3. The van der Waals surface area contributed by atoms with Crippen molar-refractivity contribution in [2.75, 3.05) is 0 Å². The van der Waals surface area contributed by atoms with Crippen molar-refractivity contribution >= 4 is 6.21 Å². The lowest BCUT2D eigenvalue weighted by atomic mass is 10.3. The van der Waals surface area contributed by atoms with E-state index in [1.54, 1.807) is 6.20 Å². The largest absolute Gasteiger partial charge is 0.269 e. The van der Waals surface area contributed by atoms with Gasteiger partial charge in [0.15, 0.2) is 0 Å². The van der Waals surface area contributed by atoms with Gasteiger partial charge in [0.1, 0.15) is 0 Å². The highest BCUT2D eigenvalue weighted by atomic mass is 14.7. The van der Waals surface area contributed by atoms with Gasteiger partial charge in [0.25, 0.3) is 0 Å². The Kier molecular flexibility index (Phi) is 2.11. The molecule has 1 aliphatic heterocycles. The minimum atomic E-state index is 1.07. The zero-order valence-electron chi connectivity index (χ0n) is 4.75. The van der Waals surface area contributed by atoms with Crippen LogP contribution in [0, 0.1) is 0 Å². The molecule has 0 atom stereocenters. The van der Waals surface area contributed by atoms with Crippen molar-refractivity contribution in [2.24, 2.45) is 4.99 Å². The second kappa shape index (κ2) is 3.19. The lowest BCUT2D eigenvalue weighted by Crippen LogP contribution is -1.73. The Morgan fingerprint density at radius 2 is 2.12 bits per heavy atom. The van der Waals surface area contributed by atoms with Crippen LogP contribution in [0.2, 0.25) is 0 Å². The number of rotatable bonds is 0. The van der Waals surface area contributed by atoms with E-state index < -0.39 is 0 Å². The number of aliphatic imine (C=N–C) groups is 1. The molecule has 0 amide bonds. The van der Waals surface area contributed by atoms with Gasteiger partial charge in [0, 0.05) is 12.4 Å². The summed E-state index contributed by atoms with van der Waals surface area (Å²) in [6.45, 7) is 0. The first kappa shape index (κ1) is 5.29. The Balaban J connectivity index is 2.51. The molecule has 0 radical (unpaired) electrons. The molecule has 1 heterocycles. The van der Waals surface area contributed by atoms with Gasteiger partial charge in [-0.1, -0.05) is 12.2 Å². The molecule has 8 heavy (non-hydrogen) atoms. The lowest BCUT2D eigenvalue weighted by Gasteiger charge is -1.86. The van der Waals surface area contributed by atoms with E-state index in [1.807, 2.05) is 18.4 Å². The summed E-state index contributed by atoms with van der Waals surface area (Å²) < 4.78 is 0. The molecule has 0 bridgehead atoms. The molecule has 0 aromatic carbocycles. The molecule has 1 heteroatoms. The van der Waals surface area contributed by atoms with E-state index in [0.717, 1.165) is 12.8 Å². The zero-order chi connectivity index (χ0) is 5.66. The number of hydrogen-bond donors (Lipinski definition) is 0. The Morgan fingerprint density at radius 3 is 3.12 bits per heavy atom. The SMILES string of the molecule is C1=CCCC=NC=C1. The molecular weight excluding hydrogens is 98.1 g/mol. The van der Waals surface area contributed by atoms with Gasteiger partial charge < -0.3 is 0 Å². The molecule has 0 saturated carbocycles. The highest BCUT2D eigenvalue weighted by molar-refractivity contribution is 5.58. The van der Waals surface area contributed by atoms with Gasteiger partial charge in [-0.25, -0.2) is 0 Å². The summed E-state index contributed by atoms with van der Waals surface area (Å²) in [4.78, 5) is 3.97. The first-order valence-corrected chi connectivity index (χ1v) is 2.83. The molecule has 1 rings (SSSR count). The van der Waals surface area contributed by atoms with Crippen molar-refractivity contribution in [3.8, 4) is 0 Å². The molecular formula is C7H9N. The normalized spacial score (nSPS) is 18.0. The monoisotopic (exact) mass is 107 g/mol. The number of hydrogen-bond acceptors (Lipinski definition) is 1. The van der Waals surface area contributed by atoms with Crippen LogP contribution >= 0.6 is 0 Å². The van der Waals surface area contributed by atoms with Gasteiger partial charge in [0.2, 0.25) is 0 Å².